The van der Waals surface area contributed by atoms with Gasteiger partial charge in [0.15, 0.2) is 0 Å². The Balaban J connectivity index is 3.73. The summed E-state index contributed by atoms with van der Waals surface area (Å²) < 4.78 is 0. The molecule has 0 fully saturated rings. The number of unbranched alkanes of at least 4 members (excludes halogenated alkanes) is 1. The van der Waals surface area contributed by atoms with Crippen LogP contribution in [0, 0.1) is 0 Å². The number of nitrogens with zero attached hydrogens (tertiary/aromatic N) is 1. The van der Waals surface area contributed by atoms with Gasteiger partial charge in [0.1, 0.15) is 0 Å². The lowest BCUT2D eigenvalue weighted by Gasteiger charge is -2.24. The predicted octanol–water partition coefficient (Wildman–Crippen LogP) is 0.850. The Morgan fingerprint density at radius 2 is 1.54 bits per heavy atom. The summed E-state index contributed by atoms with van der Waals surface area (Å²) in [5.41, 5.74) is 0. The molecular weight excluding hydrogens is 166 g/mol. The molecule has 3 heteroatoms. The van der Waals surface area contributed by atoms with Crippen molar-refractivity contribution in [2.45, 2.75) is 45.8 Å². The van der Waals surface area contributed by atoms with Crippen LogP contribution >= 0.6 is 0 Å². The molecule has 13 heavy (non-hydrogen) atoms. The van der Waals surface area contributed by atoms with Crippen molar-refractivity contribution >= 4 is 0 Å². The number of hydrogen-bond donors (Lipinski definition) is 2. The van der Waals surface area contributed by atoms with E-state index in [2.05, 4.69) is 11.8 Å². The molecule has 0 aromatic heterocycles. The Morgan fingerprint density at radius 1 is 1.08 bits per heavy atom. The maximum Gasteiger partial charge on any atom is 0.0639 e. The molecule has 0 radical (unpaired) electrons. The maximum atomic E-state index is 9.21. The van der Waals surface area contributed by atoms with E-state index < -0.39 is 0 Å². The van der Waals surface area contributed by atoms with Gasteiger partial charge in [-0.25, -0.2) is 0 Å². The van der Waals surface area contributed by atoms with Crippen LogP contribution in [0.3, 0.4) is 0 Å². The largest absolute Gasteiger partial charge is 0.392 e. The van der Waals surface area contributed by atoms with Crippen LogP contribution in [-0.4, -0.2) is 47.0 Å². The molecule has 0 aromatic rings. The molecule has 0 aromatic carbocycles. The molecule has 0 saturated heterocycles. The Labute approximate surface area is 81.4 Å². The second-order valence-electron chi connectivity index (χ2n) is 3.81. The van der Waals surface area contributed by atoms with E-state index in [9.17, 15) is 10.2 Å². The van der Waals surface area contributed by atoms with Crippen molar-refractivity contribution in [1.82, 2.24) is 4.90 Å². The van der Waals surface area contributed by atoms with E-state index in [0.717, 1.165) is 19.4 Å². The zero-order valence-electron chi connectivity index (χ0n) is 9.03. The van der Waals surface area contributed by atoms with Crippen LogP contribution in [-0.2, 0) is 0 Å². The van der Waals surface area contributed by atoms with Crippen molar-refractivity contribution < 1.29 is 10.2 Å². The lowest BCUT2D eigenvalue weighted by molar-refractivity contribution is 0.0828. The summed E-state index contributed by atoms with van der Waals surface area (Å²) >= 11 is 0. The summed E-state index contributed by atoms with van der Waals surface area (Å²) in [6.45, 7) is 7.98. The van der Waals surface area contributed by atoms with Gasteiger partial charge in [0.05, 0.1) is 12.2 Å². The first-order valence-corrected chi connectivity index (χ1v) is 5.14. The zero-order valence-corrected chi connectivity index (χ0v) is 9.03. The van der Waals surface area contributed by atoms with Crippen molar-refractivity contribution in [2.24, 2.45) is 0 Å². The molecule has 2 unspecified atom stereocenters. The highest BCUT2D eigenvalue weighted by Gasteiger charge is 2.09. The monoisotopic (exact) mass is 189 g/mol. The second kappa shape index (κ2) is 7.30. The van der Waals surface area contributed by atoms with Crippen LogP contribution < -0.4 is 0 Å². The lowest BCUT2D eigenvalue weighted by Crippen LogP contribution is -2.36. The van der Waals surface area contributed by atoms with Crippen molar-refractivity contribution in [3.05, 3.63) is 0 Å². The van der Waals surface area contributed by atoms with E-state index in [1.165, 1.54) is 0 Å². The van der Waals surface area contributed by atoms with Crippen molar-refractivity contribution in [3.63, 3.8) is 0 Å². The Bertz CT molecular complexity index is 105. The summed E-state index contributed by atoms with van der Waals surface area (Å²) in [7, 11) is 0. The summed E-state index contributed by atoms with van der Waals surface area (Å²) in [6.07, 6.45) is 1.65. The van der Waals surface area contributed by atoms with Gasteiger partial charge < -0.3 is 10.2 Å². The molecule has 0 aliphatic carbocycles. The molecular formula is C10H23NO2. The van der Waals surface area contributed by atoms with E-state index in [4.69, 9.17) is 0 Å². The first kappa shape index (κ1) is 12.9. The number of aliphatic hydroxyl groups is 2. The quantitative estimate of drug-likeness (QED) is 0.624. The maximum absolute atomic E-state index is 9.21. The minimum atomic E-state index is -0.310. The summed E-state index contributed by atoms with van der Waals surface area (Å²) in [4.78, 5) is 2.11. The summed E-state index contributed by atoms with van der Waals surface area (Å²) in [5.74, 6) is 0. The fraction of sp³-hybridized carbons (Fsp3) is 1.00. The molecule has 0 bridgehead atoms. The predicted molar refractivity (Wildman–Crippen MR) is 54.7 cm³/mol. The number of hydrogen-bond acceptors (Lipinski definition) is 3. The van der Waals surface area contributed by atoms with Crippen LogP contribution in [0.4, 0.5) is 0 Å². The van der Waals surface area contributed by atoms with Gasteiger partial charge in [-0.2, -0.15) is 0 Å². The van der Waals surface area contributed by atoms with E-state index in [1.54, 1.807) is 13.8 Å². The molecule has 0 spiro atoms. The fourth-order valence-corrected chi connectivity index (χ4v) is 1.39. The zero-order chi connectivity index (χ0) is 10.3. The van der Waals surface area contributed by atoms with E-state index in [-0.39, 0.29) is 12.2 Å². The first-order valence-electron chi connectivity index (χ1n) is 5.14. The topological polar surface area (TPSA) is 43.7 Å². The molecule has 3 nitrogen and oxygen atoms in total. The Morgan fingerprint density at radius 3 is 1.85 bits per heavy atom. The van der Waals surface area contributed by atoms with Crippen LogP contribution in [0.15, 0.2) is 0 Å². The van der Waals surface area contributed by atoms with Gasteiger partial charge in [0.25, 0.3) is 0 Å². The molecule has 0 amide bonds. The van der Waals surface area contributed by atoms with E-state index in [1.807, 2.05) is 0 Å². The molecule has 80 valence electrons. The van der Waals surface area contributed by atoms with Crippen LogP contribution in [0.1, 0.15) is 33.6 Å². The fourth-order valence-electron chi connectivity index (χ4n) is 1.39. The summed E-state index contributed by atoms with van der Waals surface area (Å²) in [6, 6.07) is 0. The molecule has 0 saturated carbocycles. The average Bonchev–Trinajstić information content (AvgIpc) is 1.98. The van der Waals surface area contributed by atoms with Crippen LogP contribution in [0.25, 0.3) is 0 Å². The van der Waals surface area contributed by atoms with Gasteiger partial charge >= 0.3 is 0 Å². The van der Waals surface area contributed by atoms with E-state index >= 15 is 0 Å². The standard InChI is InChI=1S/C10H23NO2/c1-4-5-6-11(7-9(2)12)8-10(3)13/h9-10,12-13H,4-8H2,1-3H3. The van der Waals surface area contributed by atoms with Crippen molar-refractivity contribution in [1.29, 1.82) is 0 Å². The lowest BCUT2D eigenvalue weighted by atomic mass is 10.2. The molecule has 0 aliphatic heterocycles. The highest BCUT2D eigenvalue weighted by atomic mass is 16.3. The van der Waals surface area contributed by atoms with Crippen LogP contribution in [0.2, 0.25) is 0 Å². The van der Waals surface area contributed by atoms with Crippen molar-refractivity contribution in [2.75, 3.05) is 19.6 Å². The molecule has 0 aliphatic rings. The SMILES string of the molecule is CCCCN(CC(C)O)CC(C)O. The molecule has 0 rings (SSSR count). The molecule has 2 atom stereocenters. The normalized spacial score (nSPS) is 16.2. The van der Waals surface area contributed by atoms with Gasteiger partial charge in [0.2, 0.25) is 0 Å². The minimum Gasteiger partial charge on any atom is -0.392 e. The highest BCUT2D eigenvalue weighted by molar-refractivity contribution is 4.64. The van der Waals surface area contributed by atoms with Crippen molar-refractivity contribution in [3.8, 4) is 0 Å². The second-order valence-corrected chi connectivity index (χ2v) is 3.81. The van der Waals surface area contributed by atoms with E-state index in [0.29, 0.717) is 13.1 Å². The minimum absolute atomic E-state index is 0.310. The third kappa shape index (κ3) is 8.22. The summed E-state index contributed by atoms with van der Waals surface area (Å²) in [5, 5.41) is 18.4. The highest BCUT2D eigenvalue weighted by Crippen LogP contribution is 1.99. The third-order valence-electron chi connectivity index (χ3n) is 1.87. The van der Waals surface area contributed by atoms with Crippen LogP contribution in [0.5, 0.6) is 0 Å². The molecule has 2 N–H and O–H groups in total. The Kier molecular flexibility index (Phi) is 7.23. The van der Waals surface area contributed by atoms with Gasteiger partial charge in [0, 0.05) is 13.1 Å². The van der Waals surface area contributed by atoms with Gasteiger partial charge in [-0.15, -0.1) is 0 Å². The smallest absolute Gasteiger partial charge is 0.0639 e. The first-order chi connectivity index (χ1) is 6.06. The number of rotatable bonds is 7. The average molecular weight is 189 g/mol. The van der Waals surface area contributed by atoms with Gasteiger partial charge in [-0.3, -0.25) is 4.90 Å². The molecule has 0 heterocycles. The third-order valence-corrected chi connectivity index (χ3v) is 1.87. The van der Waals surface area contributed by atoms with Gasteiger partial charge in [-0.05, 0) is 26.8 Å². The number of aliphatic hydroxyl groups excluding tert-OH is 2. The van der Waals surface area contributed by atoms with Gasteiger partial charge in [-0.1, -0.05) is 13.3 Å². The Hall–Kier alpha value is -0.120.